The van der Waals surface area contributed by atoms with Gasteiger partial charge in [-0.15, -0.1) is 10.2 Å². The summed E-state index contributed by atoms with van der Waals surface area (Å²) in [5.74, 6) is 1.63. The number of rotatable bonds is 2. The minimum Gasteiger partial charge on any atom is -0.480 e. The monoisotopic (exact) mass is 259 g/mol. The lowest BCUT2D eigenvalue weighted by Crippen LogP contribution is -2.29. The minimum absolute atomic E-state index is 0.0236. The molecule has 2 aliphatic rings. The SMILES string of the molecule is COc1ccc(C(=O)N2C[C@H]3CC=CC[C@@H]3C2)nn1. The van der Waals surface area contributed by atoms with Crippen molar-refractivity contribution in [3.05, 3.63) is 30.0 Å². The van der Waals surface area contributed by atoms with Crippen LogP contribution in [0.2, 0.25) is 0 Å². The standard InChI is InChI=1S/C14H17N3O2/c1-19-13-7-6-12(15-16-13)14(18)17-8-10-4-2-3-5-11(10)9-17/h2-3,6-7,10-11H,4-5,8-9H2,1H3/t10-,11-/m1/s1. The number of carbonyl (C=O) groups is 1. The van der Waals surface area contributed by atoms with Crippen molar-refractivity contribution in [2.24, 2.45) is 11.8 Å². The molecule has 2 atom stereocenters. The lowest BCUT2D eigenvalue weighted by molar-refractivity contribution is 0.0777. The molecule has 1 amide bonds. The summed E-state index contributed by atoms with van der Waals surface area (Å²) in [6, 6.07) is 3.35. The first-order valence-corrected chi connectivity index (χ1v) is 6.60. The van der Waals surface area contributed by atoms with Gasteiger partial charge in [0.1, 0.15) is 0 Å². The molecule has 2 heterocycles. The maximum atomic E-state index is 12.4. The Morgan fingerprint density at radius 1 is 1.21 bits per heavy atom. The van der Waals surface area contributed by atoms with Gasteiger partial charge in [0.2, 0.25) is 5.88 Å². The largest absolute Gasteiger partial charge is 0.480 e. The van der Waals surface area contributed by atoms with Gasteiger partial charge in [-0.2, -0.15) is 0 Å². The zero-order valence-electron chi connectivity index (χ0n) is 11.0. The van der Waals surface area contributed by atoms with Gasteiger partial charge in [0.05, 0.1) is 7.11 Å². The topological polar surface area (TPSA) is 55.3 Å². The zero-order chi connectivity index (χ0) is 13.2. The summed E-state index contributed by atoms with van der Waals surface area (Å²) in [7, 11) is 1.53. The highest BCUT2D eigenvalue weighted by atomic mass is 16.5. The number of nitrogens with zero attached hydrogens (tertiary/aromatic N) is 3. The number of hydrogen-bond acceptors (Lipinski definition) is 4. The normalized spacial score (nSPS) is 25.2. The molecule has 1 aliphatic carbocycles. The molecule has 0 aromatic carbocycles. The van der Waals surface area contributed by atoms with Gasteiger partial charge in [0, 0.05) is 19.2 Å². The summed E-state index contributed by atoms with van der Waals surface area (Å²) in [5, 5.41) is 7.78. The summed E-state index contributed by atoms with van der Waals surface area (Å²) in [6.07, 6.45) is 6.62. The number of ether oxygens (including phenoxy) is 1. The Hall–Kier alpha value is -1.91. The Morgan fingerprint density at radius 2 is 1.89 bits per heavy atom. The van der Waals surface area contributed by atoms with Gasteiger partial charge in [-0.3, -0.25) is 4.79 Å². The molecular weight excluding hydrogens is 242 g/mol. The number of hydrogen-bond donors (Lipinski definition) is 0. The van der Waals surface area contributed by atoms with Crippen molar-refractivity contribution >= 4 is 5.91 Å². The quantitative estimate of drug-likeness (QED) is 0.756. The first kappa shape index (κ1) is 12.1. The average Bonchev–Trinajstić information content (AvgIpc) is 2.90. The van der Waals surface area contributed by atoms with Crippen LogP contribution in [0.25, 0.3) is 0 Å². The van der Waals surface area contributed by atoms with Crippen LogP contribution in [-0.4, -0.2) is 41.2 Å². The van der Waals surface area contributed by atoms with E-state index in [1.54, 1.807) is 12.1 Å². The molecular formula is C14H17N3O2. The van der Waals surface area contributed by atoms with Crippen molar-refractivity contribution in [3.63, 3.8) is 0 Å². The molecule has 5 heteroatoms. The molecule has 0 spiro atoms. The van der Waals surface area contributed by atoms with Crippen molar-refractivity contribution in [2.45, 2.75) is 12.8 Å². The van der Waals surface area contributed by atoms with Crippen LogP contribution in [0, 0.1) is 11.8 Å². The second-order valence-electron chi connectivity index (χ2n) is 5.13. The fourth-order valence-electron chi connectivity index (χ4n) is 2.89. The zero-order valence-corrected chi connectivity index (χ0v) is 11.0. The third kappa shape index (κ3) is 2.32. The van der Waals surface area contributed by atoms with Crippen molar-refractivity contribution in [1.29, 1.82) is 0 Å². The van der Waals surface area contributed by atoms with E-state index in [1.165, 1.54) is 7.11 Å². The highest BCUT2D eigenvalue weighted by Crippen LogP contribution is 2.33. The van der Waals surface area contributed by atoms with Crippen LogP contribution in [0.15, 0.2) is 24.3 Å². The first-order chi connectivity index (χ1) is 9.28. The van der Waals surface area contributed by atoms with E-state index in [1.807, 2.05) is 4.90 Å². The molecule has 0 radical (unpaired) electrons. The maximum absolute atomic E-state index is 12.4. The smallest absolute Gasteiger partial charge is 0.274 e. The summed E-state index contributed by atoms with van der Waals surface area (Å²) in [5.41, 5.74) is 0.396. The fraction of sp³-hybridized carbons (Fsp3) is 0.500. The van der Waals surface area contributed by atoms with E-state index in [0.29, 0.717) is 23.4 Å². The van der Waals surface area contributed by atoms with Gasteiger partial charge in [-0.25, -0.2) is 0 Å². The lowest BCUT2D eigenvalue weighted by atomic mass is 9.86. The Labute approximate surface area is 112 Å². The summed E-state index contributed by atoms with van der Waals surface area (Å²) in [4.78, 5) is 14.3. The number of allylic oxidation sites excluding steroid dienone is 2. The molecule has 0 bridgehead atoms. The van der Waals surface area contributed by atoms with Crippen LogP contribution in [-0.2, 0) is 0 Å². The van der Waals surface area contributed by atoms with E-state index < -0.39 is 0 Å². The van der Waals surface area contributed by atoms with Crippen LogP contribution < -0.4 is 4.74 Å². The minimum atomic E-state index is -0.0236. The van der Waals surface area contributed by atoms with Crippen molar-refractivity contribution in [2.75, 3.05) is 20.2 Å². The lowest BCUT2D eigenvalue weighted by Gasteiger charge is -2.17. The van der Waals surface area contributed by atoms with Gasteiger partial charge in [-0.05, 0) is 30.7 Å². The van der Waals surface area contributed by atoms with Gasteiger partial charge in [0.15, 0.2) is 5.69 Å². The van der Waals surface area contributed by atoms with Crippen LogP contribution in [0.4, 0.5) is 0 Å². The predicted molar refractivity (Wildman–Crippen MR) is 69.8 cm³/mol. The van der Waals surface area contributed by atoms with Crippen molar-refractivity contribution < 1.29 is 9.53 Å². The van der Waals surface area contributed by atoms with E-state index in [9.17, 15) is 4.79 Å². The Balaban J connectivity index is 1.70. The third-order valence-corrected chi connectivity index (χ3v) is 3.98. The number of methoxy groups -OCH3 is 1. The van der Waals surface area contributed by atoms with E-state index in [4.69, 9.17) is 4.74 Å². The van der Waals surface area contributed by atoms with Crippen molar-refractivity contribution in [1.82, 2.24) is 15.1 Å². The molecule has 5 nitrogen and oxygen atoms in total. The van der Waals surface area contributed by atoms with Crippen LogP contribution in [0.3, 0.4) is 0 Å². The van der Waals surface area contributed by atoms with Crippen LogP contribution in [0.5, 0.6) is 5.88 Å². The number of aromatic nitrogens is 2. The molecule has 1 aromatic rings. The molecule has 1 fully saturated rings. The fourth-order valence-corrected chi connectivity index (χ4v) is 2.89. The number of fused-ring (bicyclic) bond motifs is 1. The van der Waals surface area contributed by atoms with Gasteiger partial charge >= 0.3 is 0 Å². The average molecular weight is 259 g/mol. The third-order valence-electron chi connectivity index (χ3n) is 3.98. The number of carbonyl (C=O) groups excluding carboxylic acids is 1. The molecule has 19 heavy (non-hydrogen) atoms. The van der Waals surface area contributed by atoms with E-state index in [-0.39, 0.29) is 5.91 Å². The number of likely N-dealkylation sites (tertiary alicyclic amines) is 1. The van der Waals surface area contributed by atoms with E-state index in [2.05, 4.69) is 22.3 Å². The first-order valence-electron chi connectivity index (χ1n) is 6.60. The van der Waals surface area contributed by atoms with Gasteiger partial charge < -0.3 is 9.64 Å². The second-order valence-corrected chi connectivity index (χ2v) is 5.13. The van der Waals surface area contributed by atoms with Gasteiger partial charge in [-0.1, -0.05) is 12.2 Å². The molecule has 1 saturated heterocycles. The van der Waals surface area contributed by atoms with Crippen LogP contribution >= 0.6 is 0 Å². The van der Waals surface area contributed by atoms with E-state index >= 15 is 0 Å². The van der Waals surface area contributed by atoms with Crippen LogP contribution in [0.1, 0.15) is 23.3 Å². The molecule has 0 unspecified atom stereocenters. The number of amides is 1. The van der Waals surface area contributed by atoms with Crippen molar-refractivity contribution in [3.8, 4) is 5.88 Å². The molecule has 3 rings (SSSR count). The summed E-state index contributed by atoms with van der Waals surface area (Å²) >= 11 is 0. The molecule has 0 saturated carbocycles. The second kappa shape index (κ2) is 4.99. The molecule has 1 aromatic heterocycles. The maximum Gasteiger partial charge on any atom is 0.274 e. The Morgan fingerprint density at radius 3 is 2.42 bits per heavy atom. The summed E-state index contributed by atoms with van der Waals surface area (Å²) < 4.78 is 4.94. The summed E-state index contributed by atoms with van der Waals surface area (Å²) in [6.45, 7) is 1.67. The molecule has 100 valence electrons. The predicted octanol–water partition coefficient (Wildman–Crippen LogP) is 1.52. The Bertz CT molecular complexity index is 482. The Kier molecular flexibility index (Phi) is 3.19. The molecule has 1 aliphatic heterocycles. The van der Waals surface area contributed by atoms with E-state index in [0.717, 1.165) is 25.9 Å². The highest BCUT2D eigenvalue weighted by molar-refractivity contribution is 5.92. The molecule has 0 N–H and O–H groups in total. The van der Waals surface area contributed by atoms with Gasteiger partial charge in [0.25, 0.3) is 5.91 Å². The highest BCUT2D eigenvalue weighted by Gasteiger charge is 2.35.